The molecule has 1 aromatic carbocycles. The second-order valence-electron chi connectivity index (χ2n) is 5.68. The number of halogens is 3. The van der Waals surface area contributed by atoms with E-state index in [4.69, 9.17) is 4.74 Å². The summed E-state index contributed by atoms with van der Waals surface area (Å²) in [4.78, 5) is 24.5. The molecule has 1 N–H and O–H groups in total. The van der Waals surface area contributed by atoms with Gasteiger partial charge in [0.2, 0.25) is 5.91 Å². The van der Waals surface area contributed by atoms with Crippen LogP contribution in [0.3, 0.4) is 0 Å². The molecule has 4 nitrogen and oxygen atoms in total. The number of benzene rings is 1. The van der Waals surface area contributed by atoms with Crippen LogP contribution < -0.4 is 5.32 Å². The van der Waals surface area contributed by atoms with Gasteiger partial charge in [-0.1, -0.05) is 19.1 Å². The van der Waals surface area contributed by atoms with Crippen LogP contribution in [0.25, 0.3) is 0 Å². The number of carbonyl (C=O) groups excluding carboxylic acids is 2. The topological polar surface area (TPSA) is 55.4 Å². The number of aryl methyl sites for hydroxylation is 1. The molecule has 1 heterocycles. The number of thiophene rings is 1. The fraction of sp³-hybridized carbons (Fsp3) is 0.333. The number of nitrogens with one attached hydrogen (secondary N) is 1. The molecule has 8 heteroatoms. The van der Waals surface area contributed by atoms with E-state index in [0.29, 0.717) is 22.5 Å². The molecule has 0 aliphatic carbocycles. The Hall–Kier alpha value is -2.35. The SMILES string of the molecule is CCC(C(=O)Nc1scc(C)c1C(=O)OC)c1ccc(C(F)(F)F)cc1. The van der Waals surface area contributed by atoms with Gasteiger partial charge in [0.1, 0.15) is 5.00 Å². The maximum atomic E-state index is 12.7. The van der Waals surface area contributed by atoms with Crippen LogP contribution in [0.4, 0.5) is 18.2 Å². The first-order chi connectivity index (χ1) is 12.2. The summed E-state index contributed by atoms with van der Waals surface area (Å²) >= 11 is 1.20. The molecule has 0 saturated carbocycles. The van der Waals surface area contributed by atoms with Crippen LogP contribution in [0.15, 0.2) is 29.6 Å². The molecular weight excluding hydrogens is 367 g/mol. The minimum Gasteiger partial charge on any atom is -0.465 e. The van der Waals surface area contributed by atoms with Crippen molar-refractivity contribution in [2.24, 2.45) is 0 Å². The molecule has 0 radical (unpaired) electrons. The number of rotatable bonds is 5. The van der Waals surface area contributed by atoms with E-state index < -0.39 is 23.6 Å². The molecule has 1 unspecified atom stereocenters. The van der Waals surface area contributed by atoms with Crippen molar-refractivity contribution in [3.8, 4) is 0 Å². The number of anilines is 1. The largest absolute Gasteiger partial charge is 0.465 e. The summed E-state index contributed by atoms with van der Waals surface area (Å²) in [5.41, 5.74) is 0.678. The minimum absolute atomic E-state index is 0.285. The zero-order valence-electron chi connectivity index (χ0n) is 14.4. The van der Waals surface area contributed by atoms with Gasteiger partial charge < -0.3 is 10.1 Å². The Morgan fingerprint density at radius 2 is 1.85 bits per heavy atom. The van der Waals surface area contributed by atoms with E-state index >= 15 is 0 Å². The van der Waals surface area contributed by atoms with E-state index in [2.05, 4.69) is 5.32 Å². The van der Waals surface area contributed by atoms with Crippen molar-refractivity contribution in [2.75, 3.05) is 12.4 Å². The van der Waals surface area contributed by atoms with Gasteiger partial charge in [0.15, 0.2) is 0 Å². The molecule has 0 aliphatic heterocycles. The van der Waals surface area contributed by atoms with Crippen molar-refractivity contribution in [2.45, 2.75) is 32.4 Å². The number of amides is 1. The van der Waals surface area contributed by atoms with E-state index in [1.54, 1.807) is 19.2 Å². The third-order valence-electron chi connectivity index (χ3n) is 3.97. The van der Waals surface area contributed by atoms with E-state index in [0.717, 1.165) is 12.1 Å². The van der Waals surface area contributed by atoms with Crippen LogP contribution in [-0.4, -0.2) is 19.0 Å². The van der Waals surface area contributed by atoms with Crippen LogP contribution in [0.2, 0.25) is 0 Å². The highest BCUT2D eigenvalue weighted by Gasteiger charge is 2.31. The first-order valence-electron chi connectivity index (χ1n) is 7.83. The summed E-state index contributed by atoms with van der Waals surface area (Å²) < 4.78 is 42.8. The van der Waals surface area contributed by atoms with Crippen LogP contribution >= 0.6 is 11.3 Å². The Morgan fingerprint density at radius 1 is 1.23 bits per heavy atom. The lowest BCUT2D eigenvalue weighted by Crippen LogP contribution is -2.21. The molecule has 0 spiro atoms. The smallest absolute Gasteiger partial charge is 0.416 e. The van der Waals surface area contributed by atoms with Crippen molar-refractivity contribution >= 4 is 28.2 Å². The maximum absolute atomic E-state index is 12.7. The first kappa shape index (κ1) is 20.0. The van der Waals surface area contributed by atoms with Crippen LogP contribution in [0, 0.1) is 6.92 Å². The average Bonchev–Trinajstić information content (AvgIpc) is 2.95. The standard InChI is InChI=1S/C18H18F3NO3S/c1-4-13(11-5-7-12(8-6-11)18(19,20)21)15(23)22-16-14(17(24)25-3)10(2)9-26-16/h5-9,13H,4H2,1-3H3,(H,22,23). The maximum Gasteiger partial charge on any atom is 0.416 e. The van der Waals surface area contributed by atoms with Gasteiger partial charge in [-0.15, -0.1) is 11.3 Å². The summed E-state index contributed by atoms with van der Waals surface area (Å²) in [6.07, 6.45) is -4.03. The summed E-state index contributed by atoms with van der Waals surface area (Å²) in [6.45, 7) is 3.49. The minimum atomic E-state index is -4.42. The zero-order chi connectivity index (χ0) is 19.5. The molecule has 1 amide bonds. The normalized spacial score (nSPS) is 12.5. The molecular formula is C18H18F3NO3S. The number of hydrogen-bond donors (Lipinski definition) is 1. The fourth-order valence-electron chi connectivity index (χ4n) is 2.57. The molecule has 0 bridgehead atoms. The molecule has 26 heavy (non-hydrogen) atoms. The zero-order valence-corrected chi connectivity index (χ0v) is 15.3. The van der Waals surface area contributed by atoms with Gasteiger partial charge >= 0.3 is 12.1 Å². The van der Waals surface area contributed by atoms with E-state index in [1.165, 1.54) is 30.6 Å². The second-order valence-corrected chi connectivity index (χ2v) is 6.56. The third kappa shape index (κ3) is 4.24. The Bertz CT molecular complexity index is 797. The number of ether oxygens (including phenoxy) is 1. The van der Waals surface area contributed by atoms with Crippen molar-refractivity contribution in [1.29, 1.82) is 0 Å². The van der Waals surface area contributed by atoms with Gasteiger partial charge in [0.05, 0.1) is 24.2 Å². The molecule has 0 aliphatic rings. The number of esters is 1. The Morgan fingerprint density at radius 3 is 2.35 bits per heavy atom. The van der Waals surface area contributed by atoms with E-state index in [-0.39, 0.29) is 11.5 Å². The van der Waals surface area contributed by atoms with Crippen LogP contribution in [0.5, 0.6) is 0 Å². The number of carbonyl (C=O) groups is 2. The van der Waals surface area contributed by atoms with Crippen molar-refractivity contribution in [3.63, 3.8) is 0 Å². The Kier molecular flexibility index (Phi) is 6.07. The van der Waals surface area contributed by atoms with Crippen molar-refractivity contribution < 1.29 is 27.5 Å². The molecule has 1 aromatic heterocycles. The monoisotopic (exact) mass is 385 g/mol. The number of hydrogen-bond acceptors (Lipinski definition) is 4. The summed E-state index contributed by atoms with van der Waals surface area (Å²) in [5, 5.41) is 4.79. The highest BCUT2D eigenvalue weighted by atomic mass is 32.1. The van der Waals surface area contributed by atoms with Gasteiger partial charge in [0.25, 0.3) is 0 Å². The van der Waals surface area contributed by atoms with Crippen molar-refractivity contribution in [1.82, 2.24) is 0 Å². The molecule has 0 fully saturated rings. The molecule has 2 rings (SSSR count). The molecule has 0 saturated heterocycles. The molecule has 140 valence electrons. The highest BCUT2D eigenvalue weighted by Crippen LogP contribution is 2.32. The van der Waals surface area contributed by atoms with Gasteiger partial charge in [-0.3, -0.25) is 4.79 Å². The highest BCUT2D eigenvalue weighted by molar-refractivity contribution is 7.15. The van der Waals surface area contributed by atoms with Gasteiger partial charge in [-0.2, -0.15) is 13.2 Å². The molecule has 2 aromatic rings. The lowest BCUT2D eigenvalue weighted by molar-refractivity contribution is -0.137. The predicted molar refractivity (Wildman–Crippen MR) is 93.5 cm³/mol. The quantitative estimate of drug-likeness (QED) is 0.738. The van der Waals surface area contributed by atoms with Gasteiger partial charge in [-0.05, 0) is 42.0 Å². The number of methoxy groups -OCH3 is 1. The van der Waals surface area contributed by atoms with Crippen molar-refractivity contribution in [3.05, 3.63) is 51.9 Å². The lowest BCUT2D eigenvalue weighted by Gasteiger charge is -2.16. The summed E-state index contributed by atoms with van der Waals surface area (Å²) in [7, 11) is 1.25. The van der Waals surface area contributed by atoms with Crippen LogP contribution in [0.1, 0.15) is 46.3 Å². The third-order valence-corrected chi connectivity index (χ3v) is 4.98. The Balaban J connectivity index is 2.24. The van der Waals surface area contributed by atoms with E-state index in [9.17, 15) is 22.8 Å². The second kappa shape index (κ2) is 7.90. The Labute approximate surface area is 153 Å². The van der Waals surface area contributed by atoms with Crippen LogP contribution in [-0.2, 0) is 15.7 Å². The van der Waals surface area contributed by atoms with Gasteiger partial charge in [0, 0.05) is 0 Å². The lowest BCUT2D eigenvalue weighted by atomic mass is 9.94. The average molecular weight is 385 g/mol. The first-order valence-corrected chi connectivity index (χ1v) is 8.71. The predicted octanol–water partition coefficient (Wildman–Crippen LogP) is 4.99. The van der Waals surface area contributed by atoms with E-state index in [1.807, 2.05) is 0 Å². The molecule has 1 atom stereocenters. The summed E-state index contributed by atoms with van der Waals surface area (Å²) in [6, 6.07) is 4.52. The van der Waals surface area contributed by atoms with Gasteiger partial charge in [-0.25, -0.2) is 4.79 Å². The summed E-state index contributed by atoms with van der Waals surface area (Å²) in [5.74, 6) is -1.58. The number of alkyl halides is 3. The fourth-order valence-corrected chi connectivity index (χ4v) is 3.50.